The molecule has 5 nitrogen and oxygen atoms in total. The van der Waals surface area contributed by atoms with Crippen molar-refractivity contribution in [1.82, 2.24) is 15.2 Å². The molecule has 0 bridgehead atoms. The smallest absolute Gasteiger partial charge is 0.225 e. The first-order valence-electron chi connectivity index (χ1n) is 8.09. The number of benzene rings is 1. The minimum atomic E-state index is -0.250. The molecule has 1 aliphatic rings. The zero-order valence-electron chi connectivity index (χ0n) is 13.9. The molecule has 2 heterocycles. The normalized spacial score (nSPS) is 18.5. The van der Waals surface area contributed by atoms with Crippen LogP contribution in [-0.2, 0) is 9.59 Å². The number of nitrogens with zero attached hydrogens (tertiary/aromatic N) is 2. The molecule has 0 aliphatic carbocycles. The van der Waals surface area contributed by atoms with Gasteiger partial charge in [0.25, 0.3) is 0 Å². The van der Waals surface area contributed by atoms with Gasteiger partial charge in [0.2, 0.25) is 11.8 Å². The molecule has 24 heavy (non-hydrogen) atoms. The molecule has 0 unspecified atom stereocenters. The Bertz CT molecular complexity index is 728. The third-order valence-electron chi connectivity index (χ3n) is 4.48. The number of likely N-dealkylation sites (tertiary alicyclic amines) is 1. The molecule has 2 atom stereocenters. The zero-order chi connectivity index (χ0) is 17.1. The van der Waals surface area contributed by atoms with Gasteiger partial charge in [-0.05, 0) is 29.7 Å². The van der Waals surface area contributed by atoms with Gasteiger partial charge in [-0.3, -0.25) is 14.6 Å². The van der Waals surface area contributed by atoms with Crippen molar-refractivity contribution in [3.8, 4) is 11.1 Å². The maximum absolute atomic E-state index is 12.3. The fourth-order valence-corrected chi connectivity index (χ4v) is 2.95. The summed E-state index contributed by atoms with van der Waals surface area (Å²) in [6.45, 7) is 2.45. The molecule has 2 aromatic rings. The average Bonchev–Trinajstić information content (AvgIpc) is 2.95. The van der Waals surface area contributed by atoms with E-state index in [2.05, 4.69) is 10.3 Å². The van der Waals surface area contributed by atoms with E-state index in [-0.39, 0.29) is 23.8 Å². The van der Waals surface area contributed by atoms with E-state index in [1.807, 2.05) is 49.5 Å². The first kappa shape index (κ1) is 16.2. The van der Waals surface area contributed by atoms with Crippen LogP contribution in [0.4, 0.5) is 0 Å². The van der Waals surface area contributed by atoms with E-state index in [9.17, 15) is 9.59 Å². The lowest BCUT2D eigenvalue weighted by molar-refractivity contribution is -0.128. The summed E-state index contributed by atoms with van der Waals surface area (Å²) in [6, 6.07) is 11.9. The summed E-state index contributed by atoms with van der Waals surface area (Å²) in [5, 5.41) is 3.01. The molecule has 0 saturated carbocycles. The van der Waals surface area contributed by atoms with Crippen LogP contribution in [0.1, 0.15) is 24.9 Å². The zero-order valence-corrected chi connectivity index (χ0v) is 13.9. The minimum absolute atomic E-state index is 0.0311. The first-order chi connectivity index (χ1) is 11.5. The molecule has 2 amide bonds. The molecule has 0 radical (unpaired) electrons. The van der Waals surface area contributed by atoms with Gasteiger partial charge in [-0.1, -0.05) is 30.3 Å². The topological polar surface area (TPSA) is 62.3 Å². The minimum Gasteiger partial charge on any atom is -0.349 e. The second-order valence-corrected chi connectivity index (χ2v) is 6.27. The van der Waals surface area contributed by atoms with Crippen molar-refractivity contribution in [2.45, 2.75) is 19.4 Å². The predicted octanol–water partition coefficient (Wildman–Crippen LogP) is 2.40. The van der Waals surface area contributed by atoms with E-state index in [0.29, 0.717) is 13.0 Å². The van der Waals surface area contributed by atoms with Crippen molar-refractivity contribution in [2.75, 3.05) is 13.6 Å². The number of pyridine rings is 1. The van der Waals surface area contributed by atoms with Crippen LogP contribution in [0.5, 0.6) is 0 Å². The van der Waals surface area contributed by atoms with Crippen molar-refractivity contribution in [3.05, 3.63) is 54.4 Å². The molecule has 1 saturated heterocycles. The molecule has 1 aliphatic heterocycles. The largest absolute Gasteiger partial charge is 0.349 e. The average molecular weight is 323 g/mol. The van der Waals surface area contributed by atoms with E-state index in [1.165, 1.54) is 0 Å². The van der Waals surface area contributed by atoms with Gasteiger partial charge >= 0.3 is 0 Å². The highest BCUT2D eigenvalue weighted by Crippen LogP contribution is 2.22. The molecule has 5 heteroatoms. The van der Waals surface area contributed by atoms with Crippen molar-refractivity contribution in [3.63, 3.8) is 0 Å². The summed E-state index contributed by atoms with van der Waals surface area (Å²) >= 11 is 0. The van der Waals surface area contributed by atoms with Crippen LogP contribution in [0.3, 0.4) is 0 Å². The Morgan fingerprint density at radius 3 is 2.58 bits per heavy atom. The fourth-order valence-electron chi connectivity index (χ4n) is 2.95. The van der Waals surface area contributed by atoms with Crippen LogP contribution in [0.25, 0.3) is 11.1 Å². The lowest BCUT2D eigenvalue weighted by Gasteiger charge is -2.17. The third-order valence-corrected chi connectivity index (χ3v) is 4.48. The second-order valence-electron chi connectivity index (χ2n) is 6.27. The maximum Gasteiger partial charge on any atom is 0.225 e. The molecular weight excluding hydrogens is 302 g/mol. The van der Waals surface area contributed by atoms with Crippen molar-refractivity contribution in [1.29, 1.82) is 0 Å². The van der Waals surface area contributed by atoms with Gasteiger partial charge in [0.15, 0.2) is 0 Å². The first-order valence-corrected chi connectivity index (χ1v) is 8.09. The van der Waals surface area contributed by atoms with Gasteiger partial charge in [0, 0.05) is 32.4 Å². The van der Waals surface area contributed by atoms with E-state index in [4.69, 9.17) is 0 Å². The number of aromatic nitrogens is 1. The molecule has 0 spiro atoms. The number of rotatable bonds is 4. The number of carbonyl (C=O) groups is 2. The van der Waals surface area contributed by atoms with Gasteiger partial charge in [-0.2, -0.15) is 0 Å². The van der Waals surface area contributed by atoms with E-state index in [0.717, 1.165) is 16.7 Å². The summed E-state index contributed by atoms with van der Waals surface area (Å²) in [7, 11) is 1.73. The van der Waals surface area contributed by atoms with Crippen LogP contribution in [0.15, 0.2) is 48.8 Å². The van der Waals surface area contributed by atoms with Crippen LogP contribution < -0.4 is 5.32 Å². The lowest BCUT2D eigenvalue weighted by atomic mass is 10.0. The number of hydrogen-bond donors (Lipinski definition) is 1. The van der Waals surface area contributed by atoms with Crippen molar-refractivity contribution in [2.24, 2.45) is 5.92 Å². The molecule has 124 valence electrons. The highest BCUT2D eigenvalue weighted by atomic mass is 16.2. The van der Waals surface area contributed by atoms with E-state index < -0.39 is 0 Å². The fraction of sp³-hybridized carbons (Fsp3) is 0.316. The Hall–Kier alpha value is -2.69. The van der Waals surface area contributed by atoms with E-state index >= 15 is 0 Å². The number of carbonyl (C=O) groups excluding carboxylic acids is 2. The van der Waals surface area contributed by atoms with Gasteiger partial charge in [0.1, 0.15) is 0 Å². The second kappa shape index (κ2) is 6.83. The number of nitrogens with one attached hydrogen (secondary N) is 1. The standard InChI is InChI=1S/C19H21N3O2/c1-13(21-19(24)17-10-18(23)22(2)12-17)14-5-7-15(8-6-14)16-4-3-9-20-11-16/h3-9,11,13,17H,10,12H2,1-2H3,(H,21,24)/t13-,17-/m0/s1. The van der Waals surface area contributed by atoms with Gasteiger partial charge in [-0.15, -0.1) is 0 Å². The Balaban J connectivity index is 1.64. The quantitative estimate of drug-likeness (QED) is 0.940. The third kappa shape index (κ3) is 3.45. The molecule has 3 rings (SSSR count). The van der Waals surface area contributed by atoms with Crippen LogP contribution >= 0.6 is 0 Å². The predicted molar refractivity (Wildman–Crippen MR) is 92.0 cm³/mol. The Kier molecular flexibility index (Phi) is 4.60. The highest BCUT2D eigenvalue weighted by molar-refractivity contribution is 5.89. The SMILES string of the molecule is C[C@H](NC(=O)[C@H]1CC(=O)N(C)C1)c1ccc(-c2cccnc2)cc1. The molecule has 1 N–H and O–H groups in total. The summed E-state index contributed by atoms with van der Waals surface area (Å²) in [5.74, 6) is -0.278. The van der Waals surface area contributed by atoms with E-state index in [1.54, 1.807) is 18.1 Å². The van der Waals surface area contributed by atoms with Gasteiger partial charge in [0.05, 0.1) is 12.0 Å². The van der Waals surface area contributed by atoms with Crippen molar-refractivity contribution < 1.29 is 9.59 Å². The molecule has 1 fully saturated rings. The van der Waals surface area contributed by atoms with Crippen LogP contribution in [0, 0.1) is 5.92 Å². The van der Waals surface area contributed by atoms with Gasteiger partial charge < -0.3 is 10.2 Å². The highest BCUT2D eigenvalue weighted by Gasteiger charge is 2.32. The Morgan fingerprint density at radius 1 is 1.25 bits per heavy atom. The summed E-state index contributed by atoms with van der Waals surface area (Å²) in [6.07, 6.45) is 3.88. The van der Waals surface area contributed by atoms with Gasteiger partial charge in [-0.25, -0.2) is 0 Å². The lowest BCUT2D eigenvalue weighted by Crippen LogP contribution is -2.34. The monoisotopic (exact) mass is 323 g/mol. The van der Waals surface area contributed by atoms with Crippen LogP contribution in [0.2, 0.25) is 0 Å². The number of hydrogen-bond acceptors (Lipinski definition) is 3. The maximum atomic E-state index is 12.3. The Morgan fingerprint density at radius 2 is 2.00 bits per heavy atom. The summed E-state index contributed by atoms with van der Waals surface area (Å²) in [4.78, 5) is 29.6. The molecular formula is C19H21N3O2. The number of amides is 2. The summed E-state index contributed by atoms with van der Waals surface area (Å²) < 4.78 is 0. The van der Waals surface area contributed by atoms with Crippen LogP contribution in [-0.4, -0.2) is 35.3 Å². The Labute approximate surface area is 141 Å². The molecule has 1 aromatic heterocycles. The molecule has 1 aromatic carbocycles. The van der Waals surface area contributed by atoms with Crippen molar-refractivity contribution >= 4 is 11.8 Å². The summed E-state index contributed by atoms with van der Waals surface area (Å²) in [5.41, 5.74) is 3.19.